The van der Waals surface area contributed by atoms with Crippen molar-refractivity contribution in [2.24, 2.45) is 5.92 Å². The lowest BCUT2D eigenvalue weighted by Gasteiger charge is -2.21. The van der Waals surface area contributed by atoms with E-state index in [-0.39, 0.29) is 0 Å². The first-order valence-corrected chi connectivity index (χ1v) is 7.19. The molecule has 0 bridgehead atoms. The summed E-state index contributed by atoms with van der Waals surface area (Å²) in [6, 6.07) is 0. The van der Waals surface area contributed by atoms with Gasteiger partial charge in [0.1, 0.15) is 0 Å². The van der Waals surface area contributed by atoms with Crippen LogP contribution >= 0.6 is 0 Å². The molecule has 1 unspecified atom stereocenters. The molecule has 0 spiro atoms. The van der Waals surface area contributed by atoms with Gasteiger partial charge in [0.2, 0.25) is 5.95 Å². The van der Waals surface area contributed by atoms with Gasteiger partial charge in [0, 0.05) is 25.8 Å². The van der Waals surface area contributed by atoms with Crippen LogP contribution in [0.1, 0.15) is 32.4 Å². The second-order valence-electron chi connectivity index (χ2n) is 5.50. The summed E-state index contributed by atoms with van der Waals surface area (Å²) in [6.07, 6.45) is 4.90. The Bertz CT molecular complexity index is 366. The standard InChI is InChI=1S/C14H26N4/c1-4-15-14-16-13(3)11-18(14)10-12(2)9-17-7-5-6-8-17/h11-12H,4-10H2,1-3H3,(H,15,16). The largest absolute Gasteiger partial charge is 0.356 e. The van der Waals surface area contributed by atoms with Crippen LogP contribution < -0.4 is 5.32 Å². The summed E-state index contributed by atoms with van der Waals surface area (Å²) in [5.41, 5.74) is 1.10. The zero-order chi connectivity index (χ0) is 13.0. The maximum Gasteiger partial charge on any atom is 0.203 e. The lowest BCUT2D eigenvalue weighted by Crippen LogP contribution is -2.27. The second kappa shape index (κ2) is 6.23. The SMILES string of the molecule is CCNc1nc(C)cn1CC(C)CN1CCCC1. The minimum absolute atomic E-state index is 0.675. The molecule has 18 heavy (non-hydrogen) atoms. The first-order valence-electron chi connectivity index (χ1n) is 7.19. The molecule has 0 amide bonds. The van der Waals surface area contributed by atoms with Gasteiger partial charge in [-0.25, -0.2) is 4.98 Å². The second-order valence-corrected chi connectivity index (χ2v) is 5.50. The highest BCUT2D eigenvalue weighted by atomic mass is 15.2. The first kappa shape index (κ1) is 13.4. The molecule has 2 rings (SSSR count). The predicted molar refractivity (Wildman–Crippen MR) is 76.0 cm³/mol. The summed E-state index contributed by atoms with van der Waals surface area (Å²) in [6.45, 7) is 12.3. The highest BCUT2D eigenvalue weighted by molar-refractivity contribution is 5.28. The molecule has 0 radical (unpaired) electrons. The number of likely N-dealkylation sites (tertiary alicyclic amines) is 1. The number of imidazole rings is 1. The van der Waals surface area contributed by atoms with Crippen LogP contribution in [0.25, 0.3) is 0 Å². The first-order chi connectivity index (χ1) is 8.69. The van der Waals surface area contributed by atoms with Gasteiger partial charge in [0.05, 0.1) is 5.69 Å². The van der Waals surface area contributed by atoms with Crippen LogP contribution in [0.4, 0.5) is 5.95 Å². The lowest BCUT2D eigenvalue weighted by atomic mass is 10.1. The average Bonchev–Trinajstić information content (AvgIpc) is 2.90. The van der Waals surface area contributed by atoms with E-state index < -0.39 is 0 Å². The fourth-order valence-electron chi connectivity index (χ4n) is 2.78. The molecule has 1 fully saturated rings. The Labute approximate surface area is 110 Å². The zero-order valence-electron chi connectivity index (χ0n) is 11.9. The molecule has 4 nitrogen and oxygen atoms in total. The van der Waals surface area contributed by atoms with Gasteiger partial charge < -0.3 is 14.8 Å². The number of hydrogen-bond donors (Lipinski definition) is 1. The summed E-state index contributed by atoms with van der Waals surface area (Å²) in [5.74, 6) is 1.69. The van der Waals surface area contributed by atoms with Crippen LogP contribution in [-0.4, -0.2) is 40.6 Å². The van der Waals surface area contributed by atoms with E-state index in [1.165, 1.54) is 32.5 Å². The Kier molecular flexibility index (Phi) is 4.64. The van der Waals surface area contributed by atoms with Gasteiger partial charge >= 0.3 is 0 Å². The third-order valence-corrected chi connectivity index (χ3v) is 3.51. The fraction of sp³-hybridized carbons (Fsp3) is 0.786. The van der Waals surface area contributed by atoms with E-state index in [4.69, 9.17) is 0 Å². The van der Waals surface area contributed by atoms with Crippen LogP contribution in [0.2, 0.25) is 0 Å². The molecule has 0 aliphatic carbocycles. The van der Waals surface area contributed by atoms with Gasteiger partial charge in [-0.05, 0) is 45.7 Å². The van der Waals surface area contributed by atoms with Crippen LogP contribution in [0.3, 0.4) is 0 Å². The molecular formula is C14H26N4. The van der Waals surface area contributed by atoms with Crippen molar-refractivity contribution >= 4 is 5.95 Å². The maximum absolute atomic E-state index is 4.52. The van der Waals surface area contributed by atoms with Crippen molar-refractivity contribution < 1.29 is 0 Å². The van der Waals surface area contributed by atoms with Crippen molar-refractivity contribution in [3.63, 3.8) is 0 Å². The van der Waals surface area contributed by atoms with Gasteiger partial charge in [-0.1, -0.05) is 6.92 Å². The Morgan fingerprint density at radius 2 is 2.06 bits per heavy atom. The lowest BCUT2D eigenvalue weighted by molar-refractivity contribution is 0.272. The highest BCUT2D eigenvalue weighted by Gasteiger charge is 2.16. The normalized spacial score (nSPS) is 18.2. The molecule has 1 aromatic heterocycles. The maximum atomic E-state index is 4.52. The Balaban J connectivity index is 1.90. The number of rotatable bonds is 6. The number of nitrogens with zero attached hydrogens (tertiary/aromatic N) is 3. The molecule has 1 atom stereocenters. The van der Waals surface area contributed by atoms with Crippen molar-refractivity contribution in [1.29, 1.82) is 0 Å². The van der Waals surface area contributed by atoms with Crippen molar-refractivity contribution in [2.45, 2.75) is 40.2 Å². The van der Waals surface area contributed by atoms with Gasteiger partial charge in [-0.15, -0.1) is 0 Å². The van der Waals surface area contributed by atoms with E-state index in [1.54, 1.807) is 0 Å². The topological polar surface area (TPSA) is 33.1 Å². The van der Waals surface area contributed by atoms with Crippen LogP contribution in [-0.2, 0) is 6.54 Å². The summed E-state index contributed by atoms with van der Waals surface area (Å²) >= 11 is 0. The summed E-state index contributed by atoms with van der Waals surface area (Å²) in [7, 11) is 0. The molecule has 1 aliphatic rings. The van der Waals surface area contributed by atoms with E-state index in [2.05, 4.69) is 46.7 Å². The summed E-state index contributed by atoms with van der Waals surface area (Å²) < 4.78 is 2.26. The van der Waals surface area contributed by atoms with Gasteiger partial charge in [0.25, 0.3) is 0 Å². The van der Waals surface area contributed by atoms with Crippen LogP contribution in [0, 0.1) is 12.8 Å². The molecule has 1 aliphatic heterocycles. The van der Waals surface area contributed by atoms with Crippen molar-refractivity contribution in [3.05, 3.63) is 11.9 Å². The van der Waals surface area contributed by atoms with Gasteiger partial charge in [-0.2, -0.15) is 0 Å². The van der Waals surface area contributed by atoms with E-state index in [0.29, 0.717) is 5.92 Å². The number of aryl methyl sites for hydroxylation is 1. The predicted octanol–water partition coefficient (Wildman–Crippen LogP) is 2.36. The minimum Gasteiger partial charge on any atom is -0.356 e. The molecule has 1 saturated heterocycles. The molecule has 102 valence electrons. The molecule has 1 aromatic rings. The highest BCUT2D eigenvalue weighted by Crippen LogP contribution is 2.15. The smallest absolute Gasteiger partial charge is 0.203 e. The van der Waals surface area contributed by atoms with E-state index >= 15 is 0 Å². The molecule has 2 heterocycles. The third kappa shape index (κ3) is 3.48. The number of hydrogen-bond acceptors (Lipinski definition) is 3. The molecule has 1 N–H and O–H groups in total. The fourth-order valence-corrected chi connectivity index (χ4v) is 2.78. The quantitative estimate of drug-likeness (QED) is 0.841. The minimum atomic E-state index is 0.675. The van der Waals surface area contributed by atoms with E-state index in [9.17, 15) is 0 Å². The molecule has 0 saturated carbocycles. The number of aromatic nitrogens is 2. The van der Waals surface area contributed by atoms with Crippen molar-refractivity contribution in [3.8, 4) is 0 Å². The Morgan fingerprint density at radius 1 is 1.33 bits per heavy atom. The number of anilines is 1. The number of nitrogens with one attached hydrogen (secondary N) is 1. The molecule has 4 heteroatoms. The zero-order valence-corrected chi connectivity index (χ0v) is 11.9. The van der Waals surface area contributed by atoms with E-state index in [1.807, 2.05) is 0 Å². The monoisotopic (exact) mass is 250 g/mol. The summed E-state index contributed by atoms with van der Waals surface area (Å²) in [5, 5.41) is 3.33. The van der Waals surface area contributed by atoms with Crippen LogP contribution in [0.15, 0.2) is 6.20 Å². The molecule has 0 aromatic carbocycles. The van der Waals surface area contributed by atoms with Gasteiger partial charge in [0.15, 0.2) is 0 Å². The third-order valence-electron chi connectivity index (χ3n) is 3.51. The van der Waals surface area contributed by atoms with Crippen molar-refractivity contribution in [1.82, 2.24) is 14.5 Å². The summed E-state index contributed by atoms with van der Waals surface area (Å²) in [4.78, 5) is 7.11. The van der Waals surface area contributed by atoms with Crippen molar-refractivity contribution in [2.75, 3.05) is 31.5 Å². The van der Waals surface area contributed by atoms with Crippen LogP contribution in [0.5, 0.6) is 0 Å². The average molecular weight is 250 g/mol. The van der Waals surface area contributed by atoms with E-state index in [0.717, 1.165) is 24.7 Å². The molecular weight excluding hydrogens is 224 g/mol. The Morgan fingerprint density at radius 3 is 2.72 bits per heavy atom. The Hall–Kier alpha value is -1.03. The van der Waals surface area contributed by atoms with Gasteiger partial charge in [-0.3, -0.25) is 0 Å².